The van der Waals surface area contributed by atoms with Crippen molar-refractivity contribution in [2.45, 2.75) is 25.8 Å². The number of aromatic hydroxyl groups is 1. The van der Waals surface area contributed by atoms with Crippen molar-refractivity contribution < 1.29 is 9.50 Å². The molecular weight excluding hydrogens is 181 g/mol. The minimum atomic E-state index is -0.520. The minimum absolute atomic E-state index is 0.115. The molecule has 1 atom stereocenters. The zero-order chi connectivity index (χ0) is 10.1. The molecule has 0 unspecified atom stereocenters. The molecular formula is C11H14FNO. The first-order chi connectivity index (χ1) is 6.68. The van der Waals surface area contributed by atoms with E-state index < -0.39 is 5.82 Å². The zero-order valence-corrected chi connectivity index (χ0v) is 8.18. The number of hydrogen-bond acceptors (Lipinski definition) is 2. The first-order valence-corrected chi connectivity index (χ1v) is 4.91. The minimum Gasteiger partial charge on any atom is -0.505 e. The molecule has 2 rings (SSSR count). The van der Waals surface area contributed by atoms with E-state index >= 15 is 0 Å². The van der Waals surface area contributed by atoms with Gasteiger partial charge in [-0.1, -0.05) is 6.07 Å². The van der Waals surface area contributed by atoms with Crippen LogP contribution in [0, 0.1) is 12.7 Å². The molecule has 2 N–H and O–H groups in total. The van der Waals surface area contributed by atoms with Crippen LogP contribution in [0.3, 0.4) is 0 Å². The fourth-order valence-electron chi connectivity index (χ4n) is 1.98. The Labute approximate surface area is 82.8 Å². The SMILES string of the molecule is Cc1cc(F)c(O)c([C@H]2CCCN2)c1. The Kier molecular flexibility index (Phi) is 2.42. The second kappa shape index (κ2) is 3.58. The highest BCUT2D eigenvalue weighted by Crippen LogP contribution is 2.32. The van der Waals surface area contributed by atoms with E-state index in [9.17, 15) is 9.50 Å². The summed E-state index contributed by atoms with van der Waals surface area (Å²) >= 11 is 0. The number of hydrogen-bond donors (Lipinski definition) is 2. The van der Waals surface area contributed by atoms with Gasteiger partial charge in [0.25, 0.3) is 0 Å². The first-order valence-electron chi connectivity index (χ1n) is 4.91. The van der Waals surface area contributed by atoms with E-state index in [0.717, 1.165) is 24.9 Å². The van der Waals surface area contributed by atoms with E-state index in [-0.39, 0.29) is 11.8 Å². The largest absolute Gasteiger partial charge is 0.505 e. The lowest BCUT2D eigenvalue weighted by Crippen LogP contribution is -2.13. The Morgan fingerprint density at radius 3 is 2.93 bits per heavy atom. The number of aryl methyl sites for hydroxylation is 1. The summed E-state index contributed by atoms with van der Waals surface area (Å²) in [7, 11) is 0. The number of rotatable bonds is 1. The fraction of sp³-hybridized carbons (Fsp3) is 0.455. The molecule has 0 saturated carbocycles. The summed E-state index contributed by atoms with van der Waals surface area (Å²) in [6.45, 7) is 2.78. The Balaban J connectivity index is 2.40. The maximum absolute atomic E-state index is 13.2. The van der Waals surface area contributed by atoms with Crippen LogP contribution in [0.1, 0.15) is 30.0 Å². The normalized spacial score (nSPS) is 21.4. The van der Waals surface area contributed by atoms with E-state index in [4.69, 9.17) is 0 Å². The average Bonchev–Trinajstić information content (AvgIpc) is 2.63. The lowest BCUT2D eigenvalue weighted by molar-refractivity contribution is 0.417. The van der Waals surface area contributed by atoms with Gasteiger partial charge < -0.3 is 10.4 Å². The molecule has 0 aromatic heterocycles. The zero-order valence-electron chi connectivity index (χ0n) is 8.18. The molecule has 14 heavy (non-hydrogen) atoms. The van der Waals surface area contributed by atoms with Crippen molar-refractivity contribution in [1.29, 1.82) is 0 Å². The van der Waals surface area contributed by atoms with Crippen molar-refractivity contribution in [1.82, 2.24) is 5.32 Å². The smallest absolute Gasteiger partial charge is 0.165 e. The van der Waals surface area contributed by atoms with E-state index in [1.54, 1.807) is 0 Å². The van der Waals surface area contributed by atoms with E-state index in [1.165, 1.54) is 6.07 Å². The van der Waals surface area contributed by atoms with E-state index in [1.807, 2.05) is 13.0 Å². The molecule has 1 aromatic carbocycles. The molecule has 0 amide bonds. The standard InChI is InChI=1S/C11H14FNO/c1-7-5-8(10-3-2-4-13-10)11(14)9(12)6-7/h5-6,10,13-14H,2-4H2,1H3/t10-/m1/s1. The van der Waals surface area contributed by atoms with Crippen molar-refractivity contribution in [3.05, 3.63) is 29.1 Å². The Morgan fingerprint density at radius 2 is 2.29 bits per heavy atom. The number of phenols is 1. The van der Waals surface area contributed by atoms with Crippen molar-refractivity contribution in [2.24, 2.45) is 0 Å². The molecule has 1 saturated heterocycles. The van der Waals surface area contributed by atoms with Gasteiger partial charge in [-0.15, -0.1) is 0 Å². The van der Waals surface area contributed by atoms with Crippen molar-refractivity contribution in [2.75, 3.05) is 6.54 Å². The Bertz CT molecular complexity index is 345. The Morgan fingerprint density at radius 1 is 1.50 bits per heavy atom. The molecule has 1 fully saturated rings. The third-order valence-corrected chi connectivity index (χ3v) is 2.67. The number of benzene rings is 1. The average molecular weight is 195 g/mol. The van der Waals surface area contributed by atoms with Crippen LogP contribution in [0.15, 0.2) is 12.1 Å². The molecule has 1 heterocycles. The van der Waals surface area contributed by atoms with Gasteiger partial charge in [-0.3, -0.25) is 0 Å². The van der Waals surface area contributed by atoms with Crippen LogP contribution < -0.4 is 5.32 Å². The van der Waals surface area contributed by atoms with Crippen LogP contribution in [0.5, 0.6) is 5.75 Å². The molecule has 1 aliphatic rings. The van der Waals surface area contributed by atoms with Gasteiger partial charge in [0.2, 0.25) is 0 Å². The number of halogens is 1. The summed E-state index contributed by atoms with van der Waals surface area (Å²) in [5.74, 6) is -0.719. The van der Waals surface area contributed by atoms with Crippen LogP contribution in [-0.2, 0) is 0 Å². The lowest BCUT2D eigenvalue weighted by Gasteiger charge is -2.13. The molecule has 76 valence electrons. The van der Waals surface area contributed by atoms with Gasteiger partial charge >= 0.3 is 0 Å². The topological polar surface area (TPSA) is 32.3 Å². The summed E-state index contributed by atoms with van der Waals surface area (Å²) in [5, 5.41) is 12.8. The molecule has 1 aromatic rings. The first kappa shape index (κ1) is 9.46. The maximum Gasteiger partial charge on any atom is 0.165 e. The van der Waals surface area contributed by atoms with Crippen LogP contribution >= 0.6 is 0 Å². The van der Waals surface area contributed by atoms with E-state index in [2.05, 4.69) is 5.32 Å². The lowest BCUT2D eigenvalue weighted by atomic mass is 10.0. The highest BCUT2D eigenvalue weighted by molar-refractivity contribution is 5.39. The summed E-state index contributed by atoms with van der Waals surface area (Å²) in [6.07, 6.45) is 2.05. The molecule has 0 bridgehead atoms. The summed E-state index contributed by atoms with van der Waals surface area (Å²) in [5.41, 5.74) is 1.55. The van der Waals surface area contributed by atoms with Gasteiger partial charge in [0.1, 0.15) is 0 Å². The van der Waals surface area contributed by atoms with Crippen LogP contribution in [0.2, 0.25) is 0 Å². The van der Waals surface area contributed by atoms with Gasteiger partial charge in [-0.05, 0) is 37.9 Å². The van der Waals surface area contributed by atoms with Crippen molar-refractivity contribution >= 4 is 0 Å². The third-order valence-electron chi connectivity index (χ3n) is 2.67. The van der Waals surface area contributed by atoms with E-state index in [0.29, 0.717) is 5.56 Å². The fourth-order valence-corrected chi connectivity index (χ4v) is 1.98. The maximum atomic E-state index is 13.2. The second-order valence-corrected chi connectivity index (χ2v) is 3.83. The highest BCUT2D eigenvalue weighted by atomic mass is 19.1. The van der Waals surface area contributed by atoms with Gasteiger partial charge in [-0.2, -0.15) is 0 Å². The van der Waals surface area contributed by atoms with Gasteiger partial charge in [0.15, 0.2) is 11.6 Å². The summed E-state index contributed by atoms with van der Waals surface area (Å²) < 4.78 is 13.2. The molecule has 2 nitrogen and oxygen atoms in total. The Hall–Kier alpha value is -1.09. The predicted molar refractivity (Wildman–Crippen MR) is 52.8 cm³/mol. The monoisotopic (exact) mass is 195 g/mol. The summed E-state index contributed by atoms with van der Waals surface area (Å²) in [6, 6.07) is 3.32. The van der Waals surface area contributed by atoms with Gasteiger partial charge in [-0.25, -0.2) is 4.39 Å². The number of phenolic OH excluding ortho intramolecular Hbond substituents is 1. The van der Waals surface area contributed by atoms with Crippen molar-refractivity contribution in [3.63, 3.8) is 0 Å². The quantitative estimate of drug-likeness (QED) is 0.720. The molecule has 3 heteroatoms. The van der Waals surface area contributed by atoms with Gasteiger partial charge in [0.05, 0.1) is 0 Å². The van der Waals surface area contributed by atoms with Crippen LogP contribution in [0.25, 0.3) is 0 Å². The van der Waals surface area contributed by atoms with Gasteiger partial charge in [0, 0.05) is 11.6 Å². The van der Waals surface area contributed by atoms with Crippen LogP contribution in [-0.4, -0.2) is 11.7 Å². The predicted octanol–water partition coefficient (Wildman–Crippen LogP) is 2.26. The summed E-state index contributed by atoms with van der Waals surface area (Å²) in [4.78, 5) is 0. The number of nitrogens with one attached hydrogen (secondary N) is 1. The highest BCUT2D eigenvalue weighted by Gasteiger charge is 2.21. The second-order valence-electron chi connectivity index (χ2n) is 3.83. The molecule has 0 aliphatic carbocycles. The van der Waals surface area contributed by atoms with Crippen LogP contribution in [0.4, 0.5) is 4.39 Å². The molecule has 1 aliphatic heterocycles. The molecule has 0 spiro atoms. The van der Waals surface area contributed by atoms with Crippen molar-refractivity contribution in [3.8, 4) is 5.75 Å². The molecule has 0 radical (unpaired) electrons. The third kappa shape index (κ3) is 1.60.